The van der Waals surface area contributed by atoms with E-state index in [0.29, 0.717) is 22.3 Å². The number of rotatable bonds is 0. The number of pyridine rings is 1. The van der Waals surface area contributed by atoms with Gasteiger partial charge in [0.05, 0.1) is 0 Å². The van der Waals surface area contributed by atoms with Crippen molar-refractivity contribution in [2.45, 2.75) is 6.92 Å². The Morgan fingerprint density at radius 2 is 2.14 bits per heavy atom. The maximum absolute atomic E-state index is 13.4. The van der Waals surface area contributed by atoms with Crippen LogP contribution in [0.1, 0.15) is 5.69 Å². The average molecular weight is 255 g/mol. The van der Waals surface area contributed by atoms with Crippen LogP contribution in [0.5, 0.6) is 0 Å². The molecule has 0 saturated carbocycles. The molecule has 14 heavy (non-hydrogen) atoms. The van der Waals surface area contributed by atoms with E-state index >= 15 is 0 Å². The van der Waals surface area contributed by atoms with Gasteiger partial charge in [-0.1, -0.05) is 15.9 Å². The fourth-order valence-electron chi connectivity index (χ4n) is 1.43. The van der Waals surface area contributed by atoms with Crippen LogP contribution in [-0.2, 0) is 0 Å². The smallest absolute Gasteiger partial charge is 0.149 e. The maximum Gasteiger partial charge on any atom is 0.149 e. The van der Waals surface area contributed by atoms with Crippen molar-refractivity contribution >= 4 is 32.5 Å². The van der Waals surface area contributed by atoms with Gasteiger partial charge in [0.2, 0.25) is 0 Å². The molecule has 2 N–H and O–H groups in total. The summed E-state index contributed by atoms with van der Waals surface area (Å²) in [6.07, 6.45) is 0. The van der Waals surface area contributed by atoms with E-state index in [-0.39, 0.29) is 5.82 Å². The zero-order chi connectivity index (χ0) is 10.3. The van der Waals surface area contributed by atoms with E-state index in [9.17, 15) is 4.39 Å². The van der Waals surface area contributed by atoms with Gasteiger partial charge in [-0.25, -0.2) is 9.37 Å². The van der Waals surface area contributed by atoms with E-state index in [1.165, 1.54) is 6.07 Å². The van der Waals surface area contributed by atoms with Gasteiger partial charge in [-0.2, -0.15) is 0 Å². The molecule has 72 valence electrons. The molecule has 2 aromatic rings. The molecule has 0 spiro atoms. The molecule has 0 unspecified atom stereocenters. The number of aryl methyl sites for hydroxylation is 1. The summed E-state index contributed by atoms with van der Waals surface area (Å²) in [6, 6.07) is 4.73. The van der Waals surface area contributed by atoms with Crippen molar-refractivity contribution < 1.29 is 4.39 Å². The highest BCUT2D eigenvalue weighted by atomic mass is 79.9. The summed E-state index contributed by atoms with van der Waals surface area (Å²) in [6.45, 7) is 1.79. The molecule has 1 aromatic carbocycles. The Hall–Kier alpha value is -1.16. The van der Waals surface area contributed by atoms with Gasteiger partial charge < -0.3 is 5.73 Å². The van der Waals surface area contributed by atoms with E-state index < -0.39 is 0 Å². The topological polar surface area (TPSA) is 38.9 Å². The summed E-state index contributed by atoms with van der Waals surface area (Å²) in [4.78, 5) is 4.11. The standard InChI is InChI=1S/C10H8BrFN2/c1-5-4-8(13)9-6(11)2-3-7(12)10(9)14-5/h2-4H,1H3,(H2,13,14). The Morgan fingerprint density at radius 1 is 1.43 bits per heavy atom. The van der Waals surface area contributed by atoms with E-state index in [0.717, 1.165) is 4.47 Å². The Labute approximate surface area is 89.1 Å². The first-order valence-corrected chi connectivity index (χ1v) is 4.89. The number of hydrogen-bond donors (Lipinski definition) is 1. The molecule has 0 atom stereocenters. The number of hydrogen-bond acceptors (Lipinski definition) is 2. The van der Waals surface area contributed by atoms with Crippen molar-refractivity contribution in [3.05, 3.63) is 34.2 Å². The van der Waals surface area contributed by atoms with Crippen LogP contribution in [0.15, 0.2) is 22.7 Å². The molecule has 0 aliphatic carbocycles. The number of fused-ring (bicyclic) bond motifs is 1. The lowest BCUT2D eigenvalue weighted by Gasteiger charge is -2.05. The average Bonchev–Trinajstić information content (AvgIpc) is 2.10. The number of nitrogens with zero attached hydrogens (tertiary/aromatic N) is 1. The van der Waals surface area contributed by atoms with Crippen LogP contribution in [0, 0.1) is 12.7 Å². The van der Waals surface area contributed by atoms with Gasteiger partial charge in [-0.3, -0.25) is 0 Å². The van der Waals surface area contributed by atoms with Gasteiger partial charge in [0, 0.05) is 21.2 Å². The molecule has 1 heterocycles. The largest absolute Gasteiger partial charge is 0.398 e. The van der Waals surface area contributed by atoms with Crippen molar-refractivity contribution in [2.75, 3.05) is 5.73 Å². The van der Waals surface area contributed by atoms with Gasteiger partial charge in [0.1, 0.15) is 11.3 Å². The number of nitrogen functional groups attached to an aromatic ring is 1. The quantitative estimate of drug-likeness (QED) is 0.785. The molecule has 4 heteroatoms. The molecule has 1 aromatic heterocycles. The summed E-state index contributed by atoms with van der Waals surface area (Å²) in [5.74, 6) is -0.349. The fraction of sp³-hybridized carbons (Fsp3) is 0.100. The second-order valence-corrected chi connectivity index (χ2v) is 3.96. The minimum Gasteiger partial charge on any atom is -0.398 e. The first-order valence-electron chi connectivity index (χ1n) is 4.10. The number of aromatic nitrogens is 1. The SMILES string of the molecule is Cc1cc(N)c2c(Br)ccc(F)c2n1. The lowest BCUT2D eigenvalue weighted by Crippen LogP contribution is -1.94. The van der Waals surface area contributed by atoms with Crippen molar-refractivity contribution in [1.29, 1.82) is 0 Å². The van der Waals surface area contributed by atoms with Crippen LogP contribution in [0.4, 0.5) is 10.1 Å². The van der Waals surface area contributed by atoms with Gasteiger partial charge in [0.25, 0.3) is 0 Å². The predicted molar refractivity (Wildman–Crippen MR) is 58.6 cm³/mol. The minimum absolute atomic E-state index is 0.317. The first-order chi connectivity index (χ1) is 6.59. The van der Waals surface area contributed by atoms with Crippen LogP contribution < -0.4 is 5.73 Å². The first kappa shape index (κ1) is 9.40. The molecule has 0 bridgehead atoms. The molecular formula is C10H8BrFN2. The van der Waals surface area contributed by atoms with E-state index in [1.807, 2.05) is 0 Å². The molecule has 0 fully saturated rings. The monoisotopic (exact) mass is 254 g/mol. The number of nitrogens with two attached hydrogens (primary N) is 1. The van der Waals surface area contributed by atoms with Crippen molar-refractivity contribution in [1.82, 2.24) is 4.98 Å². The zero-order valence-corrected chi connectivity index (χ0v) is 9.10. The van der Waals surface area contributed by atoms with E-state index in [4.69, 9.17) is 5.73 Å². The number of benzene rings is 1. The Morgan fingerprint density at radius 3 is 2.86 bits per heavy atom. The van der Waals surface area contributed by atoms with Crippen LogP contribution in [-0.4, -0.2) is 4.98 Å². The third-order valence-electron chi connectivity index (χ3n) is 2.02. The normalized spacial score (nSPS) is 10.8. The van der Waals surface area contributed by atoms with Crippen molar-refractivity contribution in [2.24, 2.45) is 0 Å². The highest BCUT2D eigenvalue weighted by Crippen LogP contribution is 2.29. The highest BCUT2D eigenvalue weighted by Gasteiger charge is 2.09. The third kappa shape index (κ3) is 1.35. The molecule has 0 aliphatic rings. The van der Waals surface area contributed by atoms with Crippen LogP contribution in [0.2, 0.25) is 0 Å². The molecular weight excluding hydrogens is 247 g/mol. The number of anilines is 1. The predicted octanol–water partition coefficient (Wildman–Crippen LogP) is 3.03. The molecule has 0 aliphatic heterocycles. The van der Waals surface area contributed by atoms with Crippen molar-refractivity contribution in [3.8, 4) is 0 Å². The summed E-state index contributed by atoms with van der Waals surface area (Å²) in [7, 11) is 0. The minimum atomic E-state index is -0.349. The molecule has 2 nitrogen and oxygen atoms in total. The van der Waals surface area contributed by atoms with Gasteiger partial charge >= 0.3 is 0 Å². The van der Waals surface area contributed by atoms with Gasteiger partial charge in [-0.05, 0) is 25.1 Å². The van der Waals surface area contributed by atoms with Crippen LogP contribution in [0.3, 0.4) is 0 Å². The van der Waals surface area contributed by atoms with Crippen molar-refractivity contribution in [3.63, 3.8) is 0 Å². The summed E-state index contributed by atoms with van der Waals surface area (Å²) in [5.41, 5.74) is 7.36. The van der Waals surface area contributed by atoms with Crippen LogP contribution in [0.25, 0.3) is 10.9 Å². The molecule has 0 radical (unpaired) electrons. The lowest BCUT2D eigenvalue weighted by atomic mass is 10.1. The summed E-state index contributed by atoms with van der Waals surface area (Å²) >= 11 is 3.32. The Balaban J connectivity index is 3.00. The lowest BCUT2D eigenvalue weighted by molar-refractivity contribution is 0.636. The van der Waals surface area contributed by atoms with Gasteiger partial charge in [-0.15, -0.1) is 0 Å². The highest BCUT2D eigenvalue weighted by molar-refractivity contribution is 9.10. The third-order valence-corrected chi connectivity index (χ3v) is 2.68. The molecule has 0 amide bonds. The van der Waals surface area contributed by atoms with E-state index in [2.05, 4.69) is 20.9 Å². The second-order valence-electron chi connectivity index (χ2n) is 3.11. The fourth-order valence-corrected chi connectivity index (χ4v) is 1.98. The maximum atomic E-state index is 13.4. The Bertz CT molecular complexity index is 511. The number of halogens is 2. The van der Waals surface area contributed by atoms with Gasteiger partial charge in [0.15, 0.2) is 0 Å². The molecule has 0 saturated heterocycles. The molecule has 2 rings (SSSR count). The zero-order valence-electron chi connectivity index (χ0n) is 7.51. The summed E-state index contributed by atoms with van der Waals surface area (Å²) < 4.78 is 14.2. The van der Waals surface area contributed by atoms with E-state index in [1.54, 1.807) is 19.1 Å². The Kier molecular flexibility index (Phi) is 2.15. The van der Waals surface area contributed by atoms with Crippen LogP contribution >= 0.6 is 15.9 Å². The second kappa shape index (κ2) is 3.20. The summed E-state index contributed by atoms with van der Waals surface area (Å²) in [5, 5.41) is 0.635.